The number of hydrogen-bond acceptors (Lipinski definition) is 3. The van der Waals surface area contributed by atoms with Crippen LogP contribution in [-0.2, 0) is 0 Å². The van der Waals surface area contributed by atoms with E-state index in [-0.39, 0.29) is 11.8 Å². The molecule has 1 atom stereocenters. The molecule has 0 bridgehead atoms. The summed E-state index contributed by atoms with van der Waals surface area (Å²) in [5.41, 5.74) is 1.68. The number of ether oxygens (including phenoxy) is 1. The lowest BCUT2D eigenvalue weighted by Crippen LogP contribution is -2.07. The van der Waals surface area contributed by atoms with Crippen molar-refractivity contribution in [2.24, 2.45) is 0 Å². The monoisotopic (exact) mass is 277 g/mol. The fourth-order valence-electron chi connectivity index (χ4n) is 1.91. The summed E-state index contributed by atoms with van der Waals surface area (Å²) >= 11 is 5.94. The zero-order valence-corrected chi connectivity index (χ0v) is 11.6. The smallest absolute Gasteiger partial charge is 0.121 e. The van der Waals surface area contributed by atoms with Crippen LogP contribution in [0.5, 0.6) is 11.5 Å². The van der Waals surface area contributed by atoms with Gasteiger partial charge in [-0.25, -0.2) is 0 Å². The Morgan fingerprint density at radius 1 is 1.21 bits per heavy atom. The Morgan fingerprint density at radius 2 is 2.00 bits per heavy atom. The van der Waals surface area contributed by atoms with Gasteiger partial charge in [0.15, 0.2) is 0 Å². The molecule has 2 aromatic carbocycles. The average Bonchev–Trinajstić information content (AvgIpc) is 2.39. The molecule has 100 valence electrons. The minimum Gasteiger partial charge on any atom is -0.508 e. The molecule has 4 heteroatoms. The van der Waals surface area contributed by atoms with E-state index in [0.29, 0.717) is 10.8 Å². The molecule has 0 spiro atoms. The molecular weight excluding hydrogens is 262 g/mol. The summed E-state index contributed by atoms with van der Waals surface area (Å²) in [5, 5.41) is 13.9. The molecule has 2 aromatic rings. The zero-order valence-electron chi connectivity index (χ0n) is 10.9. The number of nitrogens with one attached hydrogen (secondary N) is 1. The molecule has 0 saturated heterocycles. The SMILES string of the molecule is COc1ccc(O)c(C(C)Nc2cccc(Cl)c2)c1. The molecule has 0 fully saturated rings. The van der Waals surface area contributed by atoms with Gasteiger partial charge < -0.3 is 15.2 Å². The van der Waals surface area contributed by atoms with Crippen LogP contribution in [0.1, 0.15) is 18.5 Å². The molecule has 0 aromatic heterocycles. The van der Waals surface area contributed by atoms with Gasteiger partial charge in [0.25, 0.3) is 0 Å². The Morgan fingerprint density at radius 3 is 2.68 bits per heavy atom. The third-order valence-electron chi connectivity index (χ3n) is 2.91. The van der Waals surface area contributed by atoms with Gasteiger partial charge in [-0.3, -0.25) is 0 Å². The maximum atomic E-state index is 9.91. The van der Waals surface area contributed by atoms with Crippen molar-refractivity contribution in [2.45, 2.75) is 13.0 Å². The molecule has 1 unspecified atom stereocenters. The Hall–Kier alpha value is -1.87. The Balaban J connectivity index is 2.22. The molecule has 0 saturated carbocycles. The molecule has 0 amide bonds. The summed E-state index contributed by atoms with van der Waals surface area (Å²) in [7, 11) is 1.60. The molecule has 2 rings (SSSR count). The molecule has 0 aliphatic heterocycles. The highest BCUT2D eigenvalue weighted by molar-refractivity contribution is 6.30. The second-order valence-electron chi connectivity index (χ2n) is 4.30. The summed E-state index contributed by atoms with van der Waals surface area (Å²) in [6.45, 7) is 1.97. The lowest BCUT2D eigenvalue weighted by Gasteiger charge is -2.17. The van der Waals surface area contributed by atoms with Crippen LogP contribution in [0.15, 0.2) is 42.5 Å². The van der Waals surface area contributed by atoms with Crippen LogP contribution in [0.2, 0.25) is 5.02 Å². The number of phenols is 1. The van der Waals surface area contributed by atoms with E-state index in [1.807, 2.05) is 37.3 Å². The van der Waals surface area contributed by atoms with E-state index in [9.17, 15) is 5.11 Å². The van der Waals surface area contributed by atoms with E-state index in [1.54, 1.807) is 19.2 Å². The number of halogens is 1. The van der Waals surface area contributed by atoms with Gasteiger partial charge in [0, 0.05) is 16.3 Å². The Kier molecular flexibility index (Phi) is 4.17. The molecule has 19 heavy (non-hydrogen) atoms. The zero-order chi connectivity index (χ0) is 13.8. The van der Waals surface area contributed by atoms with Crippen LogP contribution < -0.4 is 10.1 Å². The highest BCUT2D eigenvalue weighted by atomic mass is 35.5. The molecular formula is C15H16ClNO2. The van der Waals surface area contributed by atoms with E-state index in [4.69, 9.17) is 16.3 Å². The fourth-order valence-corrected chi connectivity index (χ4v) is 2.10. The van der Waals surface area contributed by atoms with E-state index in [2.05, 4.69) is 5.32 Å². The highest BCUT2D eigenvalue weighted by Crippen LogP contribution is 2.30. The minimum atomic E-state index is -0.0615. The topological polar surface area (TPSA) is 41.5 Å². The van der Waals surface area contributed by atoms with Crippen molar-refractivity contribution < 1.29 is 9.84 Å². The lowest BCUT2D eigenvalue weighted by molar-refractivity contribution is 0.410. The van der Waals surface area contributed by atoms with Crippen LogP contribution in [0.25, 0.3) is 0 Å². The molecule has 0 heterocycles. The van der Waals surface area contributed by atoms with Crippen LogP contribution in [0.4, 0.5) is 5.69 Å². The number of methoxy groups -OCH3 is 1. The molecule has 2 N–H and O–H groups in total. The summed E-state index contributed by atoms with van der Waals surface area (Å²) < 4.78 is 5.17. The number of benzene rings is 2. The third-order valence-corrected chi connectivity index (χ3v) is 3.14. The van der Waals surface area contributed by atoms with Crippen molar-refractivity contribution in [1.29, 1.82) is 0 Å². The van der Waals surface area contributed by atoms with Gasteiger partial charge >= 0.3 is 0 Å². The maximum absolute atomic E-state index is 9.91. The molecule has 0 aliphatic carbocycles. The summed E-state index contributed by atoms with van der Waals surface area (Å²) in [4.78, 5) is 0. The van der Waals surface area contributed by atoms with Crippen molar-refractivity contribution in [3.05, 3.63) is 53.1 Å². The summed E-state index contributed by atoms with van der Waals surface area (Å²) in [5.74, 6) is 0.954. The highest BCUT2D eigenvalue weighted by Gasteiger charge is 2.11. The van der Waals surface area contributed by atoms with Crippen LogP contribution in [-0.4, -0.2) is 12.2 Å². The van der Waals surface area contributed by atoms with Crippen LogP contribution in [0.3, 0.4) is 0 Å². The number of aromatic hydroxyl groups is 1. The first-order chi connectivity index (χ1) is 9.10. The third kappa shape index (κ3) is 3.32. The number of hydrogen-bond donors (Lipinski definition) is 2. The van der Waals surface area contributed by atoms with Crippen molar-refractivity contribution in [3.63, 3.8) is 0 Å². The van der Waals surface area contributed by atoms with Crippen LogP contribution in [0, 0.1) is 0 Å². The second kappa shape index (κ2) is 5.85. The Bertz CT molecular complexity index is 572. The van der Waals surface area contributed by atoms with Crippen molar-refractivity contribution >= 4 is 17.3 Å². The molecule has 3 nitrogen and oxygen atoms in total. The summed E-state index contributed by atoms with van der Waals surface area (Å²) in [6.07, 6.45) is 0. The van der Waals surface area contributed by atoms with Gasteiger partial charge in [-0.2, -0.15) is 0 Å². The standard InChI is InChI=1S/C15H16ClNO2/c1-10(17-12-5-3-4-11(16)8-12)14-9-13(19-2)6-7-15(14)18/h3-10,17-18H,1-2H3. The van der Waals surface area contributed by atoms with E-state index < -0.39 is 0 Å². The largest absolute Gasteiger partial charge is 0.508 e. The quantitative estimate of drug-likeness (QED) is 0.879. The van der Waals surface area contributed by atoms with Crippen LogP contribution >= 0.6 is 11.6 Å². The second-order valence-corrected chi connectivity index (χ2v) is 4.74. The molecule has 0 radical (unpaired) electrons. The first-order valence-corrected chi connectivity index (χ1v) is 6.37. The Labute approximate surface area is 117 Å². The number of phenolic OH excluding ortho intramolecular Hbond substituents is 1. The normalized spacial score (nSPS) is 11.9. The van der Waals surface area contributed by atoms with E-state index in [0.717, 1.165) is 11.3 Å². The van der Waals surface area contributed by atoms with Gasteiger partial charge in [-0.15, -0.1) is 0 Å². The van der Waals surface area contributed by atoms with Crippen molar-refractivity contribution in [2.75, 3.05) is 12.4 Å². The fraction of sp³-hybridized carbons (Fsp3) is 0.200. The van der Waals surface area contributed by atoms with Crippen molar-refractivity contribution in [1.82, 2.24) is 0 Å². The first kappa shape index (κ1) is 13.6. The summed E-state index contributed by atoms with van der Waals surface area (Å²) in [6, 6.07) is 12.6. The van der Waals surface area contributed by atoms with E-state index in [1.165, 1.54) is 0 Å². The predicted octanol–water partition coefficient (Wildman–Crippen LogP) is 4.23. The van der Waals surface area contributed by atoms with Gasteiger partial charge in [-0.1, -0.05) is 17.7 Å². The average molecular weight is 278 g/mol. The van der Waals surface area contributed by atoms with Gasteiger partial charge in [0.1, 0.15) is 11.5 Å². The van der Waals surface area contributed by atoms with E-state index >= 15 is 0 Å². The maximum Gasteiger partial charge on any atom is 0.121 e. The van der Waals surface area contributed by atoms with Gasteiger partial charge in [-0.05, 0) is 43.3 Å². The van der Waals surface area contributed by atoms with Gasteiger partial charge in [0.05, 0.1) is 13.2 Å². The lowest BCUT2D eigenvalue weighted by atomic mass is 10.1. The number of anilines is 1. The predicted molar refractivity (Wildman–Crippen MR) is 78.1 cm³/mol. The van der Waals surface area contributed by atoms with Crippen molar-refractivity contribution in [3.8, 4) is 11.5 Å². The first-order valence-electron chi connectivity index (χ1n) is 5.99. The number of rotatable bonds is 4. The van der Waals surface area contributed by atoms with Gasteiger partial charge in [0.2, 0.25) is 0 Å². The molecule has 0 aliphatic rings. The minimum absolute atomic E-state index is 0.0615.